The van der Waals surface area contributed by atoms with E-state index >= 15 is 0 Å². The van der Waals surface area contributed by atoms with Gasteiger partial charge < -0.3 is 5.32 Å². The highest BCUT2D eigenvalue weighted by Gasteiger charge is 1.88. The van der Waals surface area contributed by atoms with Gasteiger partial charge in [-0.2, -0.15) is 0 Å². The van der Waals surface area contributed by atoms with Gasteiger partial charge in [0.05, 0.1) is 0 Å². The topological polar surface area (TPSA) is 12.0 Å². The van der Waals surface area contributed by atoms with Crippen molar-refractivity contribution in [2.45, 2.75) is 0 Å². The first-order chi connectivity index (χ1) is 2.93. The molecule has 0 aromatic carbocycles. The van der Waals surface area contributed by atoms with E-state index in [-0.39, 0.29) is 0 Å². The highest BCUT2D eigenvalue weighted by molar-refractivity contribution is 5.33. The average Bonchev–Trinajstić information content (AvgIpc) is 1.31. The lowest BCUT2D eigenvalue weighted by atomic mass is 10.2. The van der Waals surface area contributed by atoms with Crippen molar-refractivity contribution in [2.75, 3.05) is 7.05 Å². The van der Waals surface area contributed by atoms with E-state index in [9.17, 15) is 0 Å². The zero-order valence-electron chi connectivity index (χ0n) is 3.73. The molecule has 0 unspecified atom stereocenters. The molecule has 0 atom stereocenters. The van der Waals surface area contributed by atoms with Gasteiger partial charge in [0.25, 0.3) is 0 Å². The van der Waals surface area contributed by atoms with E-state index in [0.717, 1.165) is 0 Å². The van der Waals surface area contributed by atoms with Gasteiger partial charge in [0.1, 0.15) is 0 Å². The molecule has 0 aliphatic heterocycles. The third-order valence-corrected chi connectivity index (χ3v) is 0.840. The molecule has 0 spiro atoms. The Morgan fingerprint density at radius 1 is 1.67 bits per heavy atom. The number of hydrogen-bond donors (Lipinski definition) is 1. The van der Waals surface area contributed by atoms with Crippen LogP contribution in [-0.4, -0.2) is 7.05 Å². The number of likely N-dealkylation sites (N-methyl/N-ethyl adjacent to an activating group) is 1. The normalized spacial score (nSPS) is 15.8. The molecule has 0 aromatic heterocycles. The van der Waals surface area contributed by atoms with Crippen molar-refractivity contribution in [3.63, 3.8) is 0 Å². The second-order valence-corrected chi connectivity index (χ2v) is 1.23. The van der Waals surface area contributed by atoms with Crippen molar-refractivity contribution >= 4 is 0 Å². The van der Waals surface area contributed by atoms with Crippen molar-refractivity contribution in [2.24, 2.45) is 0 Å². The summed E-state index contributed by atoms with van der Waals surface area (Å²) in [4.78, 5) is 0. The molecule has 0 saturated heterocycles. The van der Waals surface area contributed by atoms with Gasteiger partial charge in [0.2, 0.25) is 0 Å². The smallest absolute Gasteiger partial charge is 0.0337 e. The average molecular weight is 81.1 g/mol. The highest BCUT2D eigenvalue weighted by atomic mass is 14.8. The summed E-state index contributed by atoms with van der Waals surface area (Å²) in [5.41, 5.74) is 1.22. The van der Waals surface area contributed by atoms with E-state index in [0.29, 0.717) is 0 Å². The van der Waals surface area contributed by atoms with Gasteiger partial charge in [-0.25, -0.2) is 0 Å². The maximum Gasteiger partial charge on any atom is 0.0337 e. The number of allylic oxidation sites excluding steroid dienone is 3. The van der Waals surface area contributed by atoms with Crippen LogP contribution < -0.4 is 5.32 Å². The Morgan fingerprint density at radius 2 is 2.33 bits per heavy atom. The summed E-state index contributed by atoms with van der Waals surface area (Å²) in [5.74, 6) is 0. The number of rotatable bonds is 1. The van der Waals surface area contributed by atoms with Crippen molar-refractivity contribution in [3.05, 3.63) is 23.9 Å². The van der Waals surface area contributed by atoms with Crippen LogP contribution in [-0.2, 0) is 0 Å². The fourth-order valence-electron chi connectivity index (χ4n) is 0.359. The molecular formula is C5H7N. The molecule has 6 heavy (non-hydrogen) atoms. The van der Waals surface area contributed by atoms with E-state index in [1.165, 1.54) is 5.70 Å². The molecule has 0 saturated carbocycles. The lowest BCUT2D eigenvalue weighted by molar-refractivity contribution is 1.02. The zero-order valence-corrected chi connectivity index (χ0v) is 3.73. The van der Waals surface area contributed by atoms with Crippen molar-refractivity contribution in [3.8, 4) is 0 Å². The number of hydrogen-bond acceptors (Lipinski definition) is 1. The fraction of sp³-hybridized carbons (Fsp3) is 0.200. The number of nitrogens with one attached hydrogen (secondary N) is 1. The minimum atomic E-state index is 1.22. The van der Waals surface area contributed by atoms with Crippen LogP contribution in [0.4, 0.5) is 0 Å². The van der Waals surface area contributed by atoms with Crippen LogP contribution in [0.1, 0.15) is 0 Å². The Bertz CT molecular complexity index is 101. The van der Waals surface area contributed by atoms with Crippen molar-refractivity contribution < 1.29 is 0 Å². The SMILES string of the molecule is CNC1=CC=C1. The van der Waals surface area contributed by atoms with Gasteiger partial charge in [-0.1, -0.05) is 6.08 Å². The van der Waals surface area contributed by atoms with Crippen LogP contribution in [0.25, 0.3) is 0 Å². The standard InChI is InChI=1S/C5H7N/c1-6-5-3-2-4-5/h2-4,6H,1H3. The van der Waals surface area contributed by atoms with E-state index in [1.54, 1.807) is 0 Å². The van der Waals surface area contributed by atoms with E-state index in [4.69, 9.17) is 0 Å². The third kappa shape index (κ3) is 0.322. The summed E-state index contributed by atoms with van der Waals surface area (Å²) < 4.78 is 0. The Balaban J connectivity index is 2.37. The van der Waals surface area contributed by atoms with Gasteiger partial charge in [0, 0.05) is 12.7 Å². The summed E-state index contributed by atoms with van der Waals surface area (Å²) in [6.45, 7) is 0. The quantitative estimate of drug-likeness (QED) is 0.489. The Labute approximate surface area is 37.4 Å². The summed E-state index contributed by atoms with van der Waals surface area (Å²) in [6, 6.07) is 0. The largest absolute Gasteiger partial charge is 0.388 e. The van der Waals surface area contributed by atoms with Crippen LogP contribution in [0.3, 0.4) is 0 Å². The van der Waals surface area contributed by atoms with Crippen molar-refractivity contribution in [1.29, 1.82) is 0 Å². The van der Waals surface area contributed by atoms with Gasteiger partial charge >= 0.3 is 0 Å². The van der Waals surface area contributed by atoms with E-state index in [1.807, 2.05) is 25.3 Å². The second kappa shape index (κ2) is 1.17. The molecule has 0 amide bonds. The Morgan fingerprint density at radius 3 is 2.33 bits per heavy atom. The molecule has 0 fully saturated rings. The first-order valence-electron chi connectivity index (χ1n) is 1.99. The van der Waals surface area contributed by atoms with Crippen LogP contribution in [0.5, 0.6) is 0 Å². The van der Waals surface area contributed by atoms with E-state index in [2.05, 4.69) is 5.32 Å². The lowest BCUT2D eigenvalue weighted by Gasteiger charge is -2.02. The van der Waals surface area contributed by atoms with Gasteiger partial charge in [-0.05, 0) is 12.2 Å². The van der Waals surface area contributed by atoms with Crippen LogP contribution in [0.15, 0.2) is 23.9 Å². The molecule has 0 bridgehead atoms. The second-order valence-electron chi connectivity index (χ2n) is 1.23. The molecule has 1 aliphatic carbocycles. The summed E-state index contributed by atoms with van der Waals surface area (Å²) in [7, 11) is 1.91. The molecule has 1 aliphatic rings. The lowest BCUT2D eigenvalue weighted by Crippen LogP contribution is -2.05. The van der Waals surface area contributed by atoms with Crippen LogP contribution in [0, 0.1) is 0 Å². The molecule has 1 N–H and O–H groups in total. The summed E-state index contributed by atoms with van der Waals surface area (Å²) >= 11 is 0. The maximum absolute atomic E-state index is 2.98. The molecular weight excluding hydrogens is 74.1 g/mol. The zero-order chi connectivity index (χ0) is 4.41. The summed E-state index contributed by atoms with van der Waals surface area (Å²) in [5, 5.41) is 2.98. The van der Waals surface area contributed by atoms with Gasteiger partial charge in [-0.15, -0.1) is 0 Å². The predicted octanol–water partition coefficient (Wildman–Crippen LogP) is 0.659. The first kappa shape index (κ1) is 3.47. The van der Waals surface area contributed by atoms with Crippen LogP contribution in [0.2, 0.25) is 0 Å². The summed E-state index contributed by atoms with van der Waals surface area (Å²) in [6.07, 6.45) is 6.06. The van der Waals surface area contributed by atoms with Crippen molar-refractivity contribution in [1.82, 2.24) is 5.32 Å². The van der Waals surface area contributed by atoms with Crippen LogP contribution >= 0.6 is 0 Å². The Kier molecular flexibility index (Phi) is 0.675. The minimum Gasteiger partial charge on any atom is -0.388 e. The van der Waals surface area contributed by atoms with Gasteiger partial charge in [0.15, 0.2) is 0 Å². The predicted molar refractivity (Wildman–Crippen MR) is 26.3 cm³/mol. The molecule has 32 valence electrons. The molecule has 0 radical (unpaired) electrons. The fourth-order valence-corrected chi connectivity index (χ4v) is 0.359. The van der Waals surface area contributed by atoms with E-state index < -0.39 is 0 Å². The third-order valence-electron chi connectivity index (χ3n) is 0.840. The van der Waals surface area contributed by atoms with Gasteiger partial charge in [-0.3, -0.25) is 0 Å². The highest BCUT2D eigenvalue weighted by Crippen LogP contribution is 2.00. The first-order valence-corrected chi connectivity index (χ1v) is 1.99. The molecule has 1 heteroatoms. The molecule has 0 aromatic rings. The molecule has 1 rings (SSSR count). The Hall–Kier alpha value is -0.720. The molecule has 1 nitrogen and oxygen atoms in total. The molecule has 0 heterocycles. The maximum atomic E-state index is 2.98. The monoisotopic (exact) mass is 81.1 g/mol. The minimum absolute atomic E-state index is 1.22.